The lowest BCUT2D eigenvalue weighted by atomic mass is 9.94. The van der Waals surface area contributed by atoms with E-state index in [1.165, 1.54) is 24.3 Å². The molecule has 142 valence electrons. The Kier molecular flexibility index (Phi) is 4.60. The van der Waals surface area contributed by atoms with Crippen molar-refractivity contribution in [2.24, 2.45) is 0 Å². The molecule has 0 unspecified atom stereocenters. The molecule has 0 fully saturated rings. The fourth-order valence-electron chi connectivity index (χ4n) is 3.36. The standard InChI is InChI=1S/C20H14O8/c21-25-11-5-6-14-16(9-11)12(7-8-18(14)26-22)17-10-19(27-23)13-3-1-2-4-15(13)20(17)28-24/h1-10,21-24H. The van der Waals surface area contributed by atoms with E-state index in [0.29, 0.717) is 32.7 Å². The Morgan fingerprint density at radius 1 is 0.500 bits per heavy atom. The van der Waals surface area contributed by atoms with Crippen molar-refractivity contribution in [2.45, 2.75) is 0 Å². The molecule has 0 amide bonds. The van der Waals surface area contributed by atoms with Crippen molar-refractivity contribution in [2.75, 3.05) is 0 Å². The second-order valence-electron chi connectivity index (χ2n) is 5.98. The zero-order valence-electron chi connectivity index (χ0n) is 14.2. The molecule has 0 aliphatic rings. The summed E-state index contributed by atoms with van der Waals surface area (Å²) in [5, 5.41) is 39.1. The van der Waals surface area contributed by atoms with E-state index in [1.807, 2.05) is 0 Å². The molecule has 0 aromatic heterocycles. The van der Waals surface area contributed by atoms with Gasteiger partial charge >= 0.3 is 0 Å². The largest absolute Gasteiger partial charge is 0.340 e. The molecular formula is C20H14O8. The van der Waals surface area contributed by atoms with Crippen molar-refractivity contribution in [1.82, 2.24) is 0 Å². The Labute approximate surface area is 157 Å². The summed E-state index contributed by atoms with van der Waals surface area (Å²) in [6.07, 6.45) is 0. The van der Waals surface area contributed by atoms with E-state index >= 15 is 0 Å². The van der Waals surface area contributed by atoms with Crippen molar-refractivity contribution >= 4 is 21.5 Å². The van der Waals surface area contributed by atoms with Crippen LogP contribution < -0.4 is 19.6 Å². The number of hydrogen-bond donors (Lipinski definition) is 4. The smallest absolute Gasteiger partial charge is 0.181 e. The van der Waals surface area contributed by atoms with Gasteiger partial charge in [0.25, 0.3) is 0 Å². The van der Waals surface area contributed by atoms with Gasteiger partial charge in [-0.2, -0.15) is 0 Å². The maximum atomic E-state index is 9.58. The van der Waals surface area contributed by atoms with E-state index in [1.54, 1.807) is 36.4 Å². The van der Waals surface area contributed by atoms with E-state index in [2.05, 4.69) is 19.6 Å². The first-order chi connectivity index (χ1) is 13.7. The van der Waals surface area contributed by atoms with Gasteiger partial charge in [0, 0.05) is 21.7 Å². The third kappa shape index (κ3) is 2.73. The van der Waals surface area contributed by atoms with Crippen molar-refractivity contribution < 1.29 is 40.6 Å². The average molecular weight is 382 g/mol. The van der Waals surface area contributed by atoms with Gasteiger partial charge in [0.1, 0.15) is 0 Å². The molecule has 28 heavy (non-hydrogen) atoms. The third-order valence-electron chi connectivity index (χ3n) is 4.59. The number of hydrogen-bond acceptors (Lipinski definition) is 8. The molecule has 0 saturated heterocycles. The predicted molar refractivity (Wildman–Crippen MR) is 99.9 cm³/mol. The molecule has 4 N–H and O–H groups in total. The summed E-state index contributed by atoms with van der Waals surface area (Å²) >= 11 is 0. The van der Waals surface area contributed by atoms with Crippen LogP contribution in [0.1, 0.15) is 0 Å². The summed E-state index contributed by atoms with van der Waals surface area (Å²) < 4.78 is 0. The van der Waals surface area contributed by atoms with Crippen LogP contribution in [-0.4, -0.2) is 21.0 Å². The van der Waals surface area contributed by atoms with Crippen molar-refractivity contribution in [3.63, 3.8) is 0 Å². The first-order valence-corrected chi connectivity index (χ1v) is 8.10. The lowest BCUT2D eigenvalue weighted by Crippen LogP contribution is -1.96. The Morgan fingerprint density at radius 3 is 1.89 bits per heavy atom. The highest BCUT2D eigenvalue weighted by atomic mass is 17.1. The Morgan fingerprint density at radius 2 is 1.21 bits per heavy atom. The fourth-order valence-corrected chi connectivity index (χ4v) is 3.36. The van der Waals surface area contributed by atoms with Gasteiger partial charge in [0.2, 0.25) is 0 Å². The second-order valence-corrected chi connectivity index (χ2v) is 5.98. The molecule has 8 nitrogen and oxygen atoms in total. The number of benzene rings is 4. The summed E-state index contributed by atoms with van der Waals surface area (Å²) in [5.41, 5.74) is 0.914. The first-order valence-electron chi connectivity index (χ1n) is 8.10. The topological polar surface area (TPSA) is 118 Å². The van der Waals surface area contributed by atoms with Gasteiger partial charge in [-0.25, -0.2) is 21.0 Å². The van der Waals surface area contributed by atoms with Crippen molar-refractivity contribution in [3.05, 3.63) is 60.7 Å². The van der Waals surface area contributed by atoms with Crippen molar-refractivity contribution in [1.29, 1.82) is 0 Å². The Bertz CT molecular complexity index is 1170. The average Bonchev–Trinajstić information content (AvgIpc) is 2.76. The van der Waals surface area contributed by atoms with Crippen LogP contribution in [0.3, 0.4) is 0 Å². The van der Waals surface area contributed by atoms with Crippen molar-refractivity contribution in [3.8, 4) is 34.1 Å². The first kappa shape index (κ1) is 17.8. The maximum Gasteiger partial charge on any atom is 0.181 e. The molecule has 0 spiro atoms. The maximum absolute atomic E-state index is 9.58. The quantitative estimate of drug-likeness (QED) is 0.279. The molecule has 0 heterocycles. The van der Waals surface area contributed by atoms with Crippen LogP contribution in [0.2, 0.25) is 0 Å². The lowest BCUT2D eigenvalue weighted by Gasteiger charge is -2.15. The monoisotopic (exact) mass is 382 g/mol. The van der Waals surface area contributed by atoms with Crippen LogP contribution in [-0.2, 0) is 0 Å². The summed E-state index contributed by atoms with van der Waals surface area (Å²) in [6, 6.07) is 16.1. The zero-order valence-corrected chi connectivity index (χ0v) is 14.2. The molecule has 0 atom stereocenters. The van der Waals surface area contributed by atoms with Crippen LogP contribution in [0.4, 0.5) is 0 Å². The van der Waals surface area contributed by atoms with E-state index < -0.39 is 0 Å². The highest BCUT2D eigenvalue weighted by molar-refractivity contribution is 6.06. The van der Waals surface area contributed by atoms with Gasteiger partial charge in [-0.15, -0.1) is 0 Å². The highest BCUT2D eigenvalue weighted by Crippen LogP contribution is 2.45. The Hall–Kier alpha value is -3.56. The summed E-state index contributed by atoms with van der Waals surface area (Å²) in [6.45, 7) is 0. The van der Waals surface area contributed by atoms with Gasteiger partial charge in [-0.3, -0.25) is 0 Å². The lowest BCUT2D eigenvalue weighted by molar-refractivity contribution is -0.138. The molecule has 0 bridgehead atoms. The van der Waals surface area contributed by atoms with Crippen LogP contribution in [0, 0.1) is 0 Å². The van der Waals surface area contributed by atoms with E-state index in [9.17, 15) is 10.5 Å². The van der Waals surface area contributed by atoms with E-state index in [0.717, 1.165) is 0 Å². The minimum atomic E-state index is 0.130. The number of fused-ring (bicyclic) bond motifs is 2. The van der Waals surface area contributed by atoms with Gasteiger partial charge < -0.3 is 19.6 Å². The summed E-state index contributed by atoms with van der Waals surface area (Å²) in [5.74, 6) is 0.603. The second kappa shape index (κ2) is 7.22. The molecule has 8 heteroatoms. The van der Waals surface area contributed by atoms with Crippen LogP contribution in [0.25, 0.3) is 32.7 Å². The van der Waals surface area contributed by atoms with Gasteiger partial charge in [-0.05, 0) is 47.3 Å². The molecule has 0 radical (unpaired) electrons. The molecule has 0 aliphatic carbocycles. The fraction of sp³-hybridized carbons (Fsp3) is 0. The molecule has 4 rings (SSSR count). The SMILES string of the molecule is OOc1ccc2c(OO)ccc(-c3cc(OO)c4ccccc4c3OO)c2c1. The third-order valence-corrected chi connectivity index (χ3v) is 4.59. The van der Waals surface area contributed by atoms with Crippen LogP contribution in [0.15, 0.2) is 60.7 Å². The molecule has 4 aromatic carbocycles. The summed E-state index contributed by atoms with van der Waals surface area (Å²) in [7, 11) is 0. The molecular weight excluding hydrogens is 368 g/mol. The summed E-state index contributed by atoms with van der Waals surface area (Å²) in [4.78, 5) is 17.9. The zero-order chi connectivity index (χ0) is 19.7. The molecule has 0 aliphatic heterocycles. The predicted octanol–water partition coefficient (Wildman–Crippen LogP) is 5.07. The van der Waals surface area contributed by atoms with Crippen LogP contribution >= 0.6 is 0 Å². The van der Waals surface area contributed by atoms with E-state index in [-0.39, 0.29) is 23.0 Å². The minimum Gasteiger partial charge on any atom is -0.340 e. The minimum absolute atomic E-state index is 0.130. The number of rotatable bonds is 5. The van der Waals surface area contributed by atoms with Gasteiger partial charge in [0.15, 0.2) is 23.0 Å². The van der Waals surface area contributed by atoms with Crippen LogP contribution in [0.5, 0.6) is 23.0 Å². The highest BCUT2D eigenvalue weighted by Gasteiger charge is 2.20. The normalized spacial score (nSPS) is 10.9. The Balaban J connectivity index is 2.12. The van der Waals surface area contributed by atoms with Gasteiger partial charge in [-0.1, -0.05) is 24.3 Å². The molecule has 4 aromatic rings. The van der Waals surface area contributed by atoms with Gasteiger partial charge in [0.05, 0.1) is 0 Å². The van der Waals surface area contributed by atoms with E-state index in [4.69, 9.17) is 10.5 Å². The molecule has 0 saturated carbocycles.